The Kier molecular flexibility index (Phi) is 6.03. The van der Waals surface area contributed by atoms with Crippen molar-refractivity contribution in [1.29, 1.82) is 0 Å². The molecular weight excluding hydrogens is 266 g/mol. The molecule has 1 fully saturated rings. The van der Waals surface area contributed by atoms with Crippen molar-refractivity contribution in [2.24, 2.45) is 0 Å². The van der Waals surface area contributed by atoms with Crippen LogP contribution in [0, 0.1) is 0 Å². The topological polar surface area (TPSA) is 50.7 Å². The number of hydrogen-bond donors (Lipinski definition) is 2. The standard InChI is InChI=1S/C17H27NO3/c1-14(2)21-16-5-3-4-15(12-16)13-18-17(6-9-19)7-10-20-11-8-17/h3-5,12,14,18-19H,6-11,13H2,1-2H3. The van der Waals surface area contributed by atoms with Gasteiger partial charge in [-0.3, -0.25) is 0 Å². The highest BCUT2D eigenvalue weighted by molar-refractivity contribution is 5.28. The van der Waals surface area contributed by atoms with Crippen LogP contribution in [0.4, 0.5) is 0 Å². The summed E-state index contributed by atoms with van der Waals surface area (Å²) in [7, 11) is 0. The molecule has 1 aromatic carbocycles. The molecule has 0 spiro atoms. The zero-order valence-electron chi connectivity index (χ0n) is 13.1. The van der Waals surface area contributed by atoms with E-state index in [4.69, 9.17) is 9.47 Å². The Balaban J connectivity index is 1.97. The quantitative estimate of drug-likeness (QED) is 0.811. The van der Waals surface area contributed by atoms with Crippen LogP contribution in [0.5, 0.6) is 5.75 Å². The Labute approximate surface area is 127 Å². The molecule has 1 aliphatic heterocycles. The summed E-state index contributed by atoms with van der Waals surface area (Å²) in [5.74, 6) is 0.910. The Hall–Kier alpha value is -1.10. The van der Waals surface area contributed by atoms with Gasteiger partial charge < -0.3 is 19.9 Å². The second-order valence-electron chi connectivity index (χ2n) is 6.03. The molecule has 4 heteroatoms. The van der Waals surface area contributed by atoms with E-state index in [1.54, 1.807) is 0 Å². The van der Waals surface area contributed by atoms with E-state index in [9.17, 15) is 5.11 Å². The summed E-state index contributed by atoms with van der Waals surface area (Å²) in [5, 5.41) is 13.0. The lowest BCUT2D eigenvalue weighted by molar-refractivity contribution is 0.0267. The summed E-state index contributed by atoms with van der Waals surface area (Å²) in [5.41, 5.74) is 1.21. The Morgan fingerprint density at radius 3 is 2.76 bits per heavy atom. The number of ether oxygens (including phenoxy) is 2. The first-order chi connectivity index (χ1) is 10.1. The van der Waals surface area contributed by atoms with E-state index >= 15 is 0 Å². The minimum Gasteiger partial charge on any atom is -0.491 e. The van der Waals surface area contributed by atoms with E-state index in [2.05, 4.69) is 17.4 Å². The van der Waals surface area contributed by atoms with Gasteiger partial charge in [-0.25, -0.2) is 0 Å². The van der Waals surface area contributed by atoms with Gasteiger partial charge in [0, 0.05) is 31.9 Å². The molecular formula is C17H27NO3. The molecule has 0 bridgehead atoms. The Morgan fingerprint density at radius 1 is 1.33 bits per heavy atom. The molecule has 0 atom stereocenters. The van der Waals surface area contributed by atoms with Crippen LogP contribution in [0.15, 0.2) is 24.3 Å². The van der Waals surface area contributed by atoms with Crippen LogP contribution >= 0.6 is 0 Å². The highest BCUT2D eigenvalue weighted by Crippen LogP contribution is 2.25. The molecule has 1 aromatic rings. The van der Waals surface area contributed by atoms with Crippen molar-refractivity contribution in [3.8, 4) is 5.75 Å². The molecule has 0 radical (unpaired) electrons. The molecule has 0 unspecified atom stereocenters. The van der Waals surface area contributed by atoms with E-state index in [-0.39, 0.29) is 18.2 Å². The van der Waals surface area contributed by atoms with Crippen molar-refractivity contribution in [2.45, 2.75) is 51.3 Å². The largest absolute Gasteiger partial charge is 0.491 e. The summed E-state index contributed by atoms with van der Waals surface area (Å²) in [6.45, 7) is 6.60. The smallest absolute Gasteiger partial charge is 0.120 e. The van der Waals surface area contributed by atoms with Crippen molar-refractivity contribution in [1.82, 2.24) is 5.32 Å². The van der Waals surface area contributed by atoms with Crippen LogP contribution < -0.4 is 10.1 Å². The van der Waals surface area contributed by atoms with Gasteiger partial charge in [-0.05, 0) is 50.8 Å². The predicted octanol–water partition coefficient (Wildman–Crippen LogP) is 2.50. The van der Waals surface area contributed by atoms with Crippen LogP contribution in [0.25, 0.3) is 0 Å². The highest BCUT2D eigenvalue weighted by atomic mass is 16.5. The number of nitrogens with one attached hydrogen (secondary N) is 1. The maximum atomic E-state index is 9.32. The third-order valence-corrected chi connectivity index (χ3v) is 3.98. The monoisotopic (exact) mass is 293 g/mol. The molecule has 1 saturated heterocycles. The molecule has 1 heterocycles. The van der Waals surface area contributed by atoms with Gasteiger partial charge in [0.1, 0.15) is 5.75 Å². The van der Waals surface area contributed by atoms with E-state index in [0.29, 0.717) is 0 Å². The first kappa shape index (κ1) is 16.3. The summed E-state index contributed by atoms with van der Waals surface area (Å²) >= 11 is 0. The van der Waals surface area contributed by atoms with E-state index in [1.807, 2.05) is 26.0 Å². The molecule has 2 N–H and O–H groups in total. The lowest BCUT2D eigenvalue weighted by Crippen LogP contribution is -2.49. The fourth-order valence-corrected chi connectivity index (χ4v) is 2.78. The van der Waals surface area contributed by atoms with Crippen molar-refractivity contribution in [2.75, 3.05) is 19.8 Å². The predicted molar refractivity (Wildman–Crippen MR) is 83.5 cm³/mol. The number of hydrogen-bond acceptors (Lipinski definition) is 4. The molecule has 4 nitrogen and oxygen atoms in total. The lowest BCUT2D eigenvalue weighted by Gasteiger charge is -2.38. The van der Waals surface area contributed by atoms with Gasteiger partial charge in [0.05, 0.1) is 6.10 Å². The molecule has 1 aliphatic rings. The van der Waals surface area contributed by atoms with E-state index < -0.39 is 0 Å². The maximum absolute atomic E-state index is 9.32. The van der Waals surface area contributed by atoms with Crippen LogP contribution in [0.3, 0.4) is 0 Å². The van der Waals surface area contributed by atoms with Gasteiger partial charge >= 0.3 is 0 Å². The highest BCUT2D eigenvalue weighted by Gasteiger charge is 2.31. The minimum absolute atomic E-state index is 0.00189. The van der Waals surface area contributed by atoms with E-state index in [0.717, 1.165) is 44.8 Å². The molecule has 0 aromatic heterocycles. The Morgan fingerprint density at radius 2 is 2.10 bits per heavy atom. The number of aliphatic hydroxyl groups is 1. The molecule has 0 amide bonds. The summed E-state index contributed by atoms with van der Waals surface area (Å²) < 4.78 is 11.2. The number of aliphatic hydroxyl groups excluding tert-OH is 1. The van der Waals surface area contributed by atoms with Gasteiger partial charge in [0.15, 0.2) is 0 Å². The third kappa shape index (κ3) is 4.99. The zero-order chi connectivity index (χ0) is 15.1. The first-order valence-corrected chi connectivity index (χ1v) is 7.83. The van der Waals surface area contributed by atoms with Gasteiger partial charge in [-0.2, -0.15) is 0 Å². The lowest BCUT2D eigenvalue weighted by atomic mass is 9.86. The van der Waals surface area contributed by atoms with E-state index in [1.165, 1.54) is 5.56 Å². The van der Waals surface area contributed by atoms with Gasteiger partial charge in [-0.1, -0.05) is 12.1 Å². The second-order valence-corrected chi connectivity index (χ2v) is 6.03. The van der Waals surface area contributed by atoms with Crippen molar-refractivity contribution < 1.29 is 14.6 Å². The number of rotatable bonds is 7. The maximum Gasteiger partial charge on any atom is 0.120 e. The van der Waals surface area contributed by atoms with Gasteiger partial charge in [0.25, 0.3) is 0 Å². The molecule has 118 valence electrons. The normalized spacial score (nSPS) is 17.9. The summed E-state index contributed by atoms with van der Waals surface area (Å²) in [4.78, 5) is 0. The number of benzene rings is 1. The molecule has 21 heavy (non-hydrogen) atoms. The van der Waals surface area contributed by atoms with Gasteiger partial charge in [0.2, 0.25) is 0 Å². The average Bonchev–Trinajstić information content (AvgIpc) is 2.46. The van der Waals surface area contributed by atoms with Crippen molar-refractivity contribution in [3.05, 3.63) is 29.8 Å². The van der Waals surface area contributed by atoms with Crippen molar-refractivity contribution in [3.63, 3.8) is 0 Å². The minimum atomic E-state index is 0.00189. The third-order valence-electron chi connectivity index (χ3n) is 3.98. The fraction of sp³-hybridized carbons (Fsp3) is 0.647. The van der Waals surface area contributed by atoms with Crippen LogP contribution in [-0.2, 0) is 11.3 Å². The van der Waals surface area contributed by atoms with Gasteiger partial charge in [-0.15, -0.1) is 0 Å². The first-order valence-electron chi connectivity index (χ1n) is 7.83. The molecule has 0 saturated carbocycles. The molecule has 2 rings (SSSR count). The molecule has 0 aliphatic carbocycles. The average molecular weight is 293 g/mol. The SMILES string of the molecule is CC(C)Oc1cccc(CNC2(CCO)CCOCC2)c1. The second kappa shape index (κ2) is 7.78. The van der Waals surface area contributed by atoms with Crippen molar-refractivity contribution >= 4 is 0 Å². The summed E-state index contributed by atoms with van der Waals surface area (Å²) in [6.07, 6.45) is 2.87. The summed E-state index contributed by atoms with van der Waals surface area (Å²) in [6, 6.07) is 8.20. The van der Waals surface area contributed by atoms with Crippen LogP contribution in [0.2, 0.25) is 0 Å². The fourth-order valence-electron chi connectivity index (χ4n) is 2.78. The van der Waals surface area contributed by atoms with Crippen LogP contribution in [0.1, 0.15) is 38.7 Å². The van der Waals surface area contributed by atoms with Crippen LogP contribution in [-0.4, -0.2) is 36.6 Å². The zero-order valence-corrected chi connectivity index (χ0v) is 13.1. The Bertz CT molecular complexity index is 422.